The fourth-order valence-corrected chi connectivity index (χ4v) is 3.18. The van der Waals surface area contributed by atoms with Gasteiger partial charge in [0.25, 0.3) is 0 Å². The van der Waals surface area contributed by atoms with Crippen LogP contribution >= 0.6 is 11.6 Å². The van der Waals surface area contributed by atoms with E-state index in [9.17, 15) is 0 Å². The van der Waals surface area contributed by atoms with Crippen molar-refractivity contribution in [1.82, 2.24) is 0 Å². The first kappa shape index (κ1) is 12.7. The normalized spacial score (nSPS) is 22.1. The van der Waals surface area contributed by atoms with Crippen molar-refractivity contribution in [2.75, 3.05) is 0 Å². The van der Waals surface area contributed by atoms with Crippen LogP contribution in [0, 0.1) is 6.92 Å². The van der Waals surface area contributed by atoms with Crippen LogP contribution in [0.4, 0.5) is 0 Å². The molecule has 0 radical (unpaired) electrons. The second kappa shape index (κ2) is 4.99. The molecule has 0 saturated carbocycles. The summed E-state index contributed by atoms with van der Waals surface area (Å²) >= 11 is 6.26. The Hall–Kier alpha value is -1.31. The van der Waals surface area contributed by atoms with Crippen LogP contribution in [-0.2, 0) is 0 Å². The number of nitrogens with two attached hydrogens (primary N) is 1. The smallest absolute Gasteiger partial charge is 0.0438 e. The Bertz CT molecular complexity index is 606. The van der Waals surface area contributed by atoms with Crippen molar-refractivity contribution in [3.63, 3.8) is 0 Å². The predicted octanol–water partition coefficient (Wildman–Crippen LogP) is 4.57. The van der Waals surface area contributed by atoms with E-state index in [1.54, 1.807) is 0 Å². The van der Waals surface area contributed by atoms with Crippen LogP contribution in [0.25, 0.3) is 0 Å². The lowest BCUT2D eigenvalue weighted by Gasteiger charge is -2.30. The molecule has 2 heteroatoms. The molecule has 0 heterocycles. The topological polar surface area (TPSA) is 26.0 Å². The van der Waals surface area contributed by atoms with Gasteiger partial charge >= 0.3 is 0 Å². The van der Waals surface area contributed by atoms with Crippen LogP contribution in [0.1, 0.15) is 47.1 Å². The van der Waals surface area contributed by atoms with E-state index in [-0.39, 0.29) is 6.04 Å². The monoisotopic (exact) mass is 271 g/mol. The first-order valence-corrected chi connectivity index (χ1v) is 7.15. The van der Waals surface area contributed by atoms with Crippen molar-refractivity contribution in [2.24, 2.45) is 5.73 Å². The number of aryl methyl sites for hydroxylation is 1. The van der Waals surface area contributed by atoms with Crippen LogP contribution in [0.5, 0.6) is 0 Å². The standard InChI is InChI=1S/C17H18ClN/c1-11-6-7-12(10-16(11)18)13-8-9-17(19)15-5-3-2-4-14(13)15/h2-7,10,13,17H,8-9,19H2,1H3/t13-,17-/m0/s1. The molecule has 3 rings (SSSR count). The van der Waals surface area contributed by atoms with E-state index in [1.807, 2.05) is 6.92 Å². The van der Waals surface area contributed by atoms with Crippen molar-refractivity contribution >= 4 is 11.6 Å². The van der Waals surface area contributed by atoms with Gasteiger partial charge < -0.3 is 5.73 Å². The van der Waals surface area contributed by atoms with Crippen LogP contribution in [-0.4, -0.2) is 0 Å². The van der Waals surface area contributed by atoms with E-state index >= 15 is 0 Å². The molecule has 2 N–H and O–H groups in total. The van der Waals surface area contributed by atoms with E-state index in [1.165, 1.54) is 16.7 Å². The molecule has 0 amide bonds. The van der Waals surface area contributed by atoms with Gasteiger partial charge in [-0.3, -0.25) is 0 Å². The molecule has 1 aliphatic carbocycles. The molecule has 98 valence electrons. The first-order chi connectivity index (χ1) is 9.16. The largest absolute Gasteiger partial charge is 0.324 e. The molecule has 1 aliphatic rings. The lowest BCUT2D eigenvalue weighted by Crippen LogP contribution is -2.21. The number of hydrogen-bond acceptors (Lipinski definition) is 1. The molecular formula is C17H18ClN. The van der Waals surface area contributed by atoms with E-state index < -0.39 is 0 Å². The third kappa shape index (κ3) is 2.29. The van der Waals surface area contributed by atoms with Crippen molar-refractivity contribution in [3.8, 4) is 0 Å². The summed E-state index contributed by atoms with van der Waals surface area (Å²) in [4.78, 5) is 0. The summed E-state index contributed by atoms with van der Waals surface area (Å²) in [5.74, 6) is 0.425. The van der Waals surface area contributed by atoms with Gasteiger partial charge in [0.05, 0.1) is 0 Å². The Balaban J connectivity index is 2.07. The average molecular weight is 272 g/mol. The van der Waals surface area contributed by atoms with Crippen molar-refractivity contribution in [2.45, 2.75) is 31.7 Å². The molecule has 0 aliphatic heterocycles. The van der Waals surface area contributed by atoms with Gasteiger partial charge in [0, 0.05) is 17.0 Å². The Morgan fingerprint density at radius 2 is 1.79 bits per heavy atom. The summed E-state index contributed by atoms with van der Waals surface area (Å²) < 4.78 is 0. The second-order valence-electron chi connectivity index (χ2n) is 5.37. The third-order valence-corrected chi connectivity index (χ3v) is 4.54. The maximum atomic E-state index is 6.26. The van der Waals surface area contributed by atoms with Gasteiger partial charge in [0.1, 0.15) is 0 Å². The fourth-order valence-electron chi connectivity index (χ4n) is 3.00. The molecule has 0 saturated heterocycles. The summed E-state index contributed by atoms with van der Waals surface area (Å²) in [6.07, 6.45) is 2.13. The van der Waals surface area contributed by atoms with E-state index in [2.05, 4.69) is 42.5 Å². The zero-order valence-electron chi connectivity index (χ0n) is 11.1. The highest BCUT2D eigenvalue weighted by molar-refractivity contribution is 6.31. The molecular weight excluding hydrogens is 254 g/mol. The summed E-state index contributed by atoms with van der Waals surface area (Å²) in [6.45, 7) is 2.04. The number of halogens is 1. The maximum absolute atomic E-state index is 6.26. The lowest BCUT2D eigenvalue weighted by atomic mass is 9.77. The van der Waals surface area contributed by atoms with Gasteiger partial charge in [-0.2, -0.15) is 0 Å². The van der Waals surface area contributed by atoms with Crippen molar-refractivity contribution in [1.29, 1.82) is 0 Å². The Labute approximate surface area is 119 Å². The van der Waals surface area contributed by atoms with Gasteiger partial charge in [0.2, 0.25) is 0 Å². The summed E-state index contributed by atoms with van der Waals surface area (Å²) in [5.41, 5.74) is 11.3. The third-order valence-electron chi connectivity index (χ3n) is 4.14. The molecule has 0 bridgehead atoms. The Morgan fingerprint density at radius 3 is 2.53 bits per heavy atom. The molecule has 2 atom stereocenters. The number of fused-ring (bicyclic) bond motifs is 1. The van der Waals surface area contributed by atoms with Crippen LogP contribution in [0.15, 0.2) is 42.5 Å². The fraction of sp³-hybridized carbons (Fsp3) is 0.294. The molecule has 2 aromatic rings. The van der Waals surface area contributed by atoms with E-state index in [4.69, 9.17) is 17.3 Å². The highest BCUT2D eigenvalue weighted by atomic mass is 35.5. The minimum Gasteiger partial charge on any atom is -0.324 e. The van der Waals surface area contributed by atoms with E-state index in [0.29, 0.717) is 5.92 Å². The molecule has 0 fully saturated rings. The summed E-state index contributed by atoms with van der Waals surface area (Å²) in [6, 6.07) is 15.1. The highest BCUT2D eigenvalue weighted by Gasteiger charge is 2.25. The Morgan fingerprint density at radius 1 is 1.05 bits per heavy atom. The lowest BCUT2D eigenvalue weighted by molar-refractivity contribution is 0.530. The first-order valence-electron chi connectivity index (χ1n) is 6.77. The summed E-state index contributed by atoms with van der Waals surface area (Å²) in [7, 11) is 0. The molecule has 1 nitrogen and oxygen atoms in total. The van der Waals surface area contributed by atoms with E-state index in [0.717, 1.165) is 23.4 Å². The van der Waals surface area contributed by atoms with Crippen LogP contribution in [0.3, 0.4) is 0 Å². The zero-order valence-corrected chi connectivity index (χ0v) is 11.8. The zero-order chi connectivity index (χ0) is 13.4. The van der Waals surface area contributed by atoms with Gasteiger partial charge in [0.15, 0.2) is 0 Å². The number of hydrogen-bond donors (Lipinski definition) is 1. The van der Waals surface area contributed by atoms with Gasteiger partial charge in [-0.05, 0) is 48.1 Å². The summed E-state index contributed by atoms with van der Waals surface area (Å²) in [5, 5.41) is 0.852. The minimum absolute atomic E-state index is 0.174. The molecule has 2 aromatic carbocycles. The average Bonchev–Trinajstić information content (AvgIpc) is 2.43. The predicted molar refractivity (Wildman–Crippen MR) is 80.6 cm³/mol. The Kier molecular flexibility index (Phi) is 3.34. The minimum atomic E-state index is 0.174. The quantitative estimate of drug-likeness (QED) is 0.808. The molecule has 0 aromatic heterocycles. The van der Waals surface area contributed by atoms with Crippen LogP contribution in [0.2, 0.25) is 5.02 Å². The number of benzene rings is 2. The van der Waals surface area contributed by atoms with Gasteiger partial charge in [-0.1, -0.05) is 48.0 Å². The SMILES string of the molecule is Cc1ccc([C@@H]2CC[C@H](N)c3ccccc32)cc1Cl. The highest BCUT2D eigenvalue weighted by Crippen LogP contribution is 2.40. The molecule has 19 heavy (non-hydrogen) atoms. The van der Waals surface area contributed by atoms with Gasteiger partial charge in [-0.25, -0.2) is 0 Å². The number of rotatable bonds is 1. The maximum Gasteiger partial charge on any atom is 0.0438 e. The molecule has 0 unspecified atom stereocenters. The van der Waals surface area contributed by atoms with Crippen molar-refractivity contribution < 1.29 is 0 Å². The van der Waals surface area contributed by atoms with Gasteiger partial charge in [-0.15, -0.1) is 0 Å². The molecule has 0 spiro atoms. The van der Waals surface area contributed by atoms with Crippen LogP contribution < -0.4 is 5.73 Å². The second-order valence-corrected chi connectivity index (χ2v) is 5.78. The van der Waals surface area contributed by atoms with Crippen molar-refractivity contribution in [3.05, 3.63) is 69.7 Å².